The minimum absolute atomic E-state index is 0.0154. The Bertz CT molecular complexity index is 1680. The molecule has 4 aromatic rings. The molecule has 4 aromatic carbocycles. The van der Waals surface area contributed by atoms with Crippen LogP contribution in [0, 0.1) is 11.3 Å². The zero-order valence-electron chi connectivity index (χ0n) is 28.5. The lowest BCUT2D eigenvalue weighted by atomic mass is 9.67. The van der Waals surface area contributed by atoms with Crippen LogP contribution in [0.5, 0.6) is 0 Å². The fraction of sp³-hybridized carbons (Fsp3) is 0.357. The largest absolute Gasteiger partial charge is 0.405 e. The summed E-state index contributed by atoms with van der Waals surface area (Å²) in [5.74, 6) is 0.540. The number of halogens is 2. The Morgan fingerprint density at radius 2 is 1.48 bits per heavy atom. The number of nitrogens with zero attached hydrogens (tertiary/aromatic N) is 1. The molecular formula is C42H47Cl2NO2Si. The summed E-state index contributed by atoms with van der Waals surface area (Å²) in [4.78, 5) is 17.4. The highest BCUT2D eigenvalue weighted by atomic mass is 35.5. The van der Waals surface area contributed by atoms with E-state index in [9.17, 15) is 0 Å². The van der Waals surface area contributed by atoms with Crippen LogP contribution in [0.4, 0.5) is 0 Å². The maximum Gasteiger partial charge on any atom is 0.261 e. The van der Waals surface area contributed by atoms with Crippen LogP contribution in [-0.4, -0.2) is 31.8 Å². The quantitative estimate of drug-likeness (QED) is 0.115. The standard InChI is InChI=1S/C42H47Cl2NO2Si/c1-6-26-42(5)28-37(32-14-13-15-34(44)27-32)39(31-22-24-33(43)25-23-31)45(40(42)46)38(30-20-21-30)29-47-48(41(2,3)4,35-16-9-7-10-17-35)36-18-11-8-12-19-36/h6-19,22-25,27,30,37-39H,1,20-21,26,28-29H2,2-5H3/t37-,38-,39-,42?/m1/s1. The van der Waals surface area contributed by atoms with Crippen LogP contribution in [0.1, 0.15) is 76.5 Å². The van der Waals surface area contributed by atoms with Crippen LogP contribution in [-0.2, 0) is 9.22 Å². The van der Waals surface area contributed by atoms with E-state index in [0.29, 0.717) is 35.4 Å². The number of allylic oxidation sites excluding steroid dienone is 1. The zero-order chi connectivity index (χ0) is 34.1. The molecule has 0 aromatic heterocycles. The monoisotopic (exact) mass is 695 g/mol. The van der Waals surface area contributed by atoms with Crippen molar-refractivity contribution in [1.29, 1.82) is 0 Å². The molecule has 48 heavy (non-hydrogen) atoms. The summed E-state index contributed by atoms with van der Waals surface area (Å²) in [6, 6.07) is 37.5. The van der Waals surface area contributed by atoms with Crippen molar-refractivity contribution in [3.8, 4) is 0 Å². The Balaban J connectivity index is 1.51. The van der Waals surface area contributed by atoms with E-state index >= 15 is 4.79 Å². The van der Waals surface area contributed by atoms with Gasteiger partial charge in [0.25, 0.3) is 8.32 Å². The van der Waals surface area contributed by atoms with Crippen molar-refractivity contribution in [2.45, 2.75) is 76.4 Å². The molecule has 1 saturated carbocycles. The molecule has 1 unspecified atom stereocenters. The molecule has 6 rings (SSSR count). The van der Waals surface area contributed by atoms with E-state index in [2.05, 4.69) is 124 Å². The Morgan fingerprint density at radius 1 is 0.875 bits per heavy atom. The predicted molar refractivity (Wildman–Crippen MR) is 203 cm³/mol. The smallest absolute Gasteiger partial charge is 0.261 e. The molecule has 3 nitrogen and oxygen atoms in total. The number of carbonyl (C=O) groups excluding carboxylic acids is 1. The molecule has 4 atom stereocenters. The summed E-state index contributed by atoms with van der Waals surface area (Å²) in [5, 5.41) is 3.69. The lowest BCUT2D eigenvalue weighted by molar-refractivity contribution is -0.156. The van der Waals surface area contributed by atoms with Gasteiger partial charge in [0.2, 0.25) is 5.91 Å². The van der Waals surface area contributed by atoms with Crippen molar-refractivity contribution in [2.24, 2.45) is 11.3 Å². The summed E-state index contributed by atoms with van der Waals surface area (Å²) in [6.07, 6.45) is 5.34. The average molecular weight is 697 g/mol. The first-order chi connectivity index (χ1) is 23.0. The number of carbonyl (C=O) groups is 1. The fourth-order valence-electron chi connectivity index (χ4n) is 8.15. The van der Waals surface area contributed by atoms with Crippen molar-refractivity contribution in [2.75, 3.05) is 6.61 Å². The minimum atomic E-state index is -2.85. The fourth-order valence-corrected chi connectivity index (χ4v) is 13.0. The zero-order valence-corrected chi connectivity index (χ0v) is 31.1. The third-order valence-corrected chi connectivity index (χ3v) is 16.1. The molecule has 1 saturated heterocycles. The average Bonchev–Trinajstić information content (AvgIpc) is 3.91. The summed E-state index contributed by atoms with van der Waals surface area (Å²) in [5.41, 5.74) is 1.59. The predicted octanol–water partition coefficient (Wildman–Crippen LogP) is 9.99. The summed E-state index contributed by atoms with van der Waals surface area (Å²) < 4.78 is 7.61. The first-order valence-corrected chi connectivity index (χ1v) is 19.8. The number of amides is 1. The molecule has 0 radical (unpaired) electrons. The highest BCUT2D eigenvalue weighted by Crippen LogP contribution is 2.54. The molecule has 2 fully saturated rings. The van der Waals surface area contributed by atoms with Crippen LogP contribution in [0.15, 0.2) is 122 Å². The van der Waals surface area contributed by atoms with E-state index in [1.165, 1.54) is 10.4 Å². The van der Waals surface area contributed by atoms with Gasteiger partial charge in [-0.1, -0.05) is 142 Å². The normalized spacial score (nSPS) is 22.4. The maximum absolute atomic E-state index is 15.1. The van der Waals surface area contributed by atoms with Crippen LogP contribution in [0.25, 0.3) is 0 Å². The summed E-state index contributed by atoms with van der Waals surface area (Å²) >= 11 is 13.1. The first kappa shape index (κ1) is 34.7. The van der Waals surface area contributed by atoms with Gasteiger partial charge in [0.15, 0.2) is 0 Å². The Labute approximate surface area is 298 Å². The van der Waals surface area contributed by atoms with Crippen molar-refractivity contribution < 1.29 is 9.22 Å². The van der Waals surface area contributed by atoms with Crippen molar-refractivity contribution >= 4 is 47.8 Å². The molecule has 1 amide bonds. The highest BCUT2D eigenvalue weighted by molar-refractivity contribution is 6.99. The second-order valence-electron chi connectivity index (χ2n) is 15.0. The molecule has 2 aliphatic rings. The topological polar surface area (TPSA) is 29.5 Å². The van der Waals surface area contributed by atoms with Gasteiger partial charge in [0, 0.05) is 16.0 Å². The number of likely N-dealkylation sites (tertiary alicyclic amines) is 1. The van der Waals surface area contributed by atoms with Gasteiger partial charge in [-0.25, -0.2) is 0 Å². The van der Waals surface area contributed by atoms with Gasteiger partial charge in [-0.15, -0.1) is 6.58 Å². The van der Waals surface area contributed by atoms with Gasteiger partial charge < -0.3 is 9.33 Å². The molecule has 1 aliphatic heterocycles. The lowest BCUT2D eigenvalue weighted by Crippen LogP contribution is -2.68. The van der Waals surface area contributed by atoms with Gasteiger partial charge in [0.05, 0.1) is 24.1 Å². The minimum Gasteiger partial charge on any atom is -0.405 e. The van der Waals surface area contributed by atoms with Gasteiger partial charge >= 0.3 is 0 Å². The molecule has 0 bridgehead atoms. The third kappa shape index (κ3) is 6.70. The lowest BCUT2D eigenvalue weighted by Gasteiger charge is -2.53. The number of hydrogen-bond donors (Lipinski definition) is 0. The van der Waals surface area contributed by atoms with Crippen LogP contribution in [0.2, 0.25) is 15.1 Å². The number of piperidine rings is 1. The van der Waals surface area contributed by atoms with Gasteiger partial charge in [-0.2, -0.15) is 0 Å². The Morgan fingerprint density at radius 3 is 2.00 bits per heavy atom. The number of benzene rings is 4. The van der Waals surface area contributed by atoms with E-state index < -0.39 is 13.7 Å². The van der Waals surface area contributed by atoms with E-state index in [-0.39, 0.29) is 28.9 Å². The molecule has 0 N–H and O–H groups in total. The van der Waals surface area contributed by atoms with Gasteiger partial charge in [-0.05, 0) is 82.4 Å². The molecule has 250 valence electrons. The number of rotatable bonds is 11. The van der Waals surface area contributed by atoms with Crippen molar-refractivity contribution in [3.63, 3.8) is 0 Å². The summed E-state index contributed by atoms with van der Waals surface area (Å²) in [7, 11) is -2.85. The maximum atomic E-state index is 15.1. The third-order valence-electron chi connectivity index (χ3n) is 10.6. The van der Waals surface area contributed by atoms with E-state index in [4.69, 9.17) is 27.6 Å². The number of hydrogen-bond acceptors (Lipinski definition) is 2. The molecule has 1 heterocycles. The SMILES string of the molecule is C=CCC1(C)C[C@H](c2cccc(Cl)c2)[C@@H](c2ccc(Cl)cc2)N([C@H](CO[Si](c2ccccc2)(c2ccccc2)C(C)(C)C)C2CC2)C1=O. The second-order valence-corrected chi connectivity index (χ2v) is 20.2. The van der Waals surface area contributed by atoms with Gasteiger partial charge in [0.1, 0.15) is 0 Å². The van der Waals surface area contributed by atoms with Gasteiger partial charge in [-0.3, -0.25) is 4.79 Å². The molecular weight excluding hydrogens is 649 g/mol. The second kappa shape index (κ2) is 14.0. The molecule has 6 heteroatoms. The molecule has 1 aliphatic carbocycles. The van der Waals surface area contributed by atoms with E-state index in [1.807, 2.05) is 30.3 Å². The Hall–Kier alpha value is -3.15. The van der Waals surface area contributed by atoms with Crippen LogP contribution in [0.3, 0.4) is 0 Å². The van der Waals surface area contributed by atoms with E-state index in [1.54, 1.807) is 0 Å². The Kier molecular flexibility index (Phi) is 10.1. The van der Waals surface area contributed by atoms with Crippen LogP contribution < -0.4 is 10.4 Å². The highest BCUT2D eigenvalue weighted by Gasteiger charge is 2.55. The van der Waals surface area contributed by atoms with Crippen molar-refractivity contribution in [3.05, 3.63) is 143 Å². The first-order valence-electron chi connectivity index (χ1n) is 17.2. The van der Waals surface area contributed by atoms with Crippen molar-refractivity contribution in [1.82, 2.24) is 4.90 Å². The molecule has 0 spiro atoms. The van der Waals surface area contributed by atoms with Crippen LogP contribution >= 0.6 is 23.2 Å². The summed E-state index contributed by atoms with van der Waals surface area (Å²) in [6.45, 7) is 13.6. The van der Waals surface area contributed by atoms with E-state index in [0.717, 1.165) is 24.0 Å².